The third-order valence-electron chi connectivity index (χ3n) is 2.09. The number of hydrogen-bond donors (Lipinski definition) is 2. The van der Waals surface area contributed by atoms with Crippen molar-refractivity contribution in [3.8, 4) is 0 Å². The first-order valence-electron chi connectivity index (χ1n) is 5.09. The van der Waals surface area contributed by atoms with Crippen LogP contribution in [0, 0.1) is 0 Å². The van der Waals surface area contributed by atoms with Crippen molar-refractivity contribution in [2.24, 2.45) is 5.73 Å². The van der Waals surface area contributed by atoms with E-state index >= 15 is 0 Å². The predicted octanol–water partition coefficient (Wildman–Crippen LogP) is 0.655. The van der Waals surface area contributed by atoms with E-state index in [4.69, 9.17) is 10.5 Å². The number of nitrogens with two attached hydrogens (primary N) is 1. The van der Waals surface area contributed by atoms with Crippen LogP contribution in [-0.2, 0) is 9.53 Å². The summed E-state index contributed by atoms with van der Waals surface area (Å²) in [6.45, 7) is 8.59. The van der Waals surface area contributed by atoms with Crippen LogP contribution in [0.5, 0.6) is 0 Å². The Morgan fingerprint density at radius 2 is 2.14 bits per heavy atom. The molecule has 0 radical (unpaired) electrons. The van der Waals surface area contributed by atoms with Gasteiger partial charge in [-0.3, -0.25) is 4.79 Å². The maximum atomic E-state index is 11.4. The van der Waals surface area contributed by atoms with Gasteiger partial charge in [-0.1, -0.05) is 6.92 Å². The van der Waals surface area contributed by atoms with E-state index in [1.54, 1.807) is 6.92 Å². The topological polar surface area (TPSA) is 64.4 Å². The van der Waals surface area contributed by atoms with Crippen molar-refractivity contribution in [2.45, 2.75) is 45.8 Å². The first kappa shape index (κ1) is 13.4. The zero-order valence-electron chi connectivity index (χ0n) is 9.59. The van der Waals surface area contributed by atoms with Crippen LogP contribution >= 0.6 is 0 Å². The summed E-state index contributed by atoms with van der Waals surface area (Å²) < 4.78 is 5.28. The maximum Gasteiger partial charge on any atom is 0.239 e. The highest BCUT2D eigenvalue weighted by molar-refractivity contribution is 5.85. The van der Waals surface area contributed by atoms with E-state index in [2.05, 4.69) is 5.32 Å². The molecule has 4 heteroatoms. The quantitative estimate of drug-likeness (QED) is 0.622. The van der Waals surface area contributed by atoms with Gasteiger partial charge in [0.2, 0.25) is 5.91 Å². The zero-order valence-corrected chi connectivity index (χ0v) is 9.59. The number of carbonyl (C=O) groups is 1. The van der Waals surface area contributed by atoms with Gasteiger partial charge in [0.05, 0.1) is 18.2 Å². The van der Waals surface area contributed by atoms with E-state index in [0.717, 1.165) is 0 Å². The van der Waals surface area contributed by atoms with Gasteiger partial charge in [0.25, 0.3) is 0 Å². The Morgan fingerprint density at radius 3 is 2.57 bits per heavy atom. The van der Waals surface area contributed by atoms with Crippen LogP contribution in [-0.4, -0.2) is 30.7 Å². The van der Waals surface area contributed by atoms with Gasteiger partial charge in [0.15, 0.2) is 0 Å². The molecule has 1 atom stereocenters. The summed E-state index contributed by atoms with van der Waals surface area (Å²) in [5, 5.41) is 2.74. The van der Waals surface area contributed by atoms with Crippen molar-refractivity contribution >= 4 is 5.91 Å². The van der Waals surface area contributed by atoms with E-state index in [1.807, 2.05) is 20.8 Å². The maximum absolute atomic E-state index is 11.4. The average molecular weight is 202 g/mol. The van der Waals surface area contributed by atoms with Gasteiger partial charge in [-0.15, -0.1) is 0 Å². The molecule has 0 aliphatic carbocycles. The highest BCUT2D eigenvalue weighted by atomic mass is 16.5. The lowest BCUT2D eigenvalue weighted by atomic mass is 10.00. The summed E-state index contributed by atoms with van der Waals surface area (Å²) in [6, 6.07) is 0. The number of nitrogens with one attached hydrogen (secondary N) is 1. The summed E-state index contributed by atoms with van der Waals surface area (Å²) in [5.74, 6) is -0.118. The third-order valence-corrected chi connectivity index (χ3v) is 2.09. The summed E-state index contributed by atoms with van der Waals surface area (Å²) in [6.07, 6.45) is 0.825. The molecule has 4 nitrogen and oxygen atoms in total. The molecule has 0 fully saturated rings. The van der Waals surface area contributed by atoms with Crippen molar-refractivity contribution in [3.05, 3.63) is 0 Å². The molecule has 0 aromatic carbocycles. The van der Waals surface area contributed by atoms with E-state index in [0.29, 0.717) is 19.6 Å². The Hall–Kier alpha value is -0.610. The molecule has 0 heterocycles. The minimum Gasteiger partial charge on any atom is -0.377 e. The van der Waals surface area contributed by atoms with Gasteiger partial charge < -0.3 is 15.8 Å². The van der Waals surface area contributed by atoms with Gasteiger partial charge in [-0.25, -0.2) is 0 Å². The molecular weight excluding hydrogens is 180 g/mol. The fraction of sp³-hybridized carbons (Fsp3) is 0.900. The van der Waals surface area contributed by atoms with Crippen LogP contribution < -0.4 is 11.1 Å². The number of hydrogen-bond acceptors (Lipinski definition) is 3. The number of carbonyl (C=O) groups excluding carboxylic acids is 1. The van der Waals surface area contributed by atoms with Crippen LogP contribution in [0.2, 0.25) is 0 Å². The average Bonchev–Trinajstić information content (AvgIpc) is 2.11. The van der Waals surface area contributed by atoms with Gasteiger partial charge in [-0.2, -0.15) is 0 Å². The van der Waals surface area contributed by atoms with Crippen molar-refractivity contribution < 1.29 is 9.53 Å². The Bertz CT molecular complexity index is 179. The van der Waals surface area contributed by atoms with Gasteiger partial charge in [0.1, 0.15) is 0 Å². The van der Waals surface area contributed by atoms with E-state index in [9.17, 15) is 4.79 Å². The summed E-state index contributed by atoms with van der Waals surface area (Å²) >= 11 is 0. The molecule has 0 aliphatic heterocycles. The van der Waals surface area contributed by atoms with Gasteiger partial charge in [-0.05, 0) is 27.2 Å². The summed E-state index contributed by atoms with van der Waals surface area (Å²) in [7, 11) is 0. The number of rotatable bonds is 6. The second-order valence-electron chi connectivity index (χ2n) is 3.95. The highest BCUT2D eigenvalue weighted by Crippen LogP contribution is 2.03. The molecule has 0 aromatic heterocycles. The van der Waals surface area contributed by atoms with E-state index in [-0.39, 0.29) is 12.0 Å². The first-order chi connectivity index (χ1) is 6.40. The van der Waals surface area contributed by atoms with Crippen LogP contribution in [0.15, 0.2) is 0 Å². The molecule has 0 saturated heterocycles. The molecule has 3 N–H and O–H groups in total. The molecule has 0 aromatic rings. The van der Waals surface area contributed by atoms with Crippen molar-refractivity contribution in [3.63, 3.8) is 0 Å². The first-order valence-corrected chi connectivity index (χ1v) is 5.09. The largest absolute Gasteiger partial charge is 0.377 e. The lowest BCUT2D eigenvalue weighted by molar-refractivity contribution is -0.126. The zero-order chi connectivity index (χ0) is 11.2. The minimum absolute atomic E-state index is 0.118. The molecule has 1 unspecified atom stereocenters. The van der Waals surface area contributed by atoms with Gasteiger partial charge in [0, 0.05) is 6.54 Å². The van der Waals surface area contributed by atoms with Gasteiger partial charge >= 0.3 is 0 Å². The lowest BCUT2D eigenvalue weighted by Gasteiger charge is -2.21. The fourth-order valence-electron chi connectivity index (χ4n) is 0.822. The van der Waals surface area contributed by atoms with E-state index in [1.165, 1.54) is 0 Å². The third kappa shape index (κ3) is 5.19. The SMILES string of the molecule is CCC(C)(N)C(=O)NCCOC(C)C. The standard InChI is InChI=1S/C10H22N2O2/c1-5-10(4,11)9(13)12-6-7-14-8(2)3/h8H,5-7,11H2,1-4H3,(H,12,13). The molecule has 0 bridgehead atoms. The van der Waals surface area contributed by atoms with Crippen molar-refractivity contribution in [1.29, 1.82) is 0 Å². The van der Waals surface area contributed by atoms with Crippen LogP contribution in [0.25, 0.3) is 0 Å². The monoisotopic (exact) mass is 202 g/mol. The molecule has 1 amide bonds. The van der Waals surface area contributed by atoms with E-state index < -0.39 is 5.54 Å². The second kappa shape index (κ2) is 5.98. The smallest absolute Gasteiger partial charge is 0.239 e. The Balaban J connectivity index is 3.64. The summed E-state index contributed by atoms with van der Waals surface area (Å²) in [4.78, 5) is 11.4. The predicted molar refractivity (Wildman–Crippen MR) is 57.0 cm³/mol. The lowest BCUT2D eigenvalue weighted by Crippen LogP contribution is -2.51. The van der Waals surface area contributed by atoms with Crippen LogP contribution in [0.4, 0.5) is 0 Å². The molecule has 0 saturated carbocycles. The second-order valence-corrected chi connectivity index (χ2v) is 3.95. The molecule has 84 valence electrons. The van der Waals surface area contributed by atoms with Crippen molar-refractivity contribution in [1.82, 2.24) is 5.32 Å². The van der Waals surface area contributed by atoms with Crippen LogP contribution in [0.1, 0.15) is 34.1 Å². The molecule has 0 rings (SSSR count). The summed E-state index contributed by atoms with van der Waals surface area (Å²) in [5.41, 5.74) is 4.98. The number of ether oxygens (including phenoxy) is 1. The molecule has 0 spiro atoms. The molecular formula is C10H22N2O2. The van der Waals surface area contributed by atoms with Crippen molar-refractivity contribution in [2.75, 3.05) is 13.2 Å². The minimum atomic E-state index is -0.766. The normalized spacial score (nSPS) is 15.3. The molecule has 14 heavy (non-hydrogen) atoms. The Kier molecular flexibility index (Phi) is 5.72. The Morgan fingerprint density at radius 1 is 1.57 bits per heavy atom. The fourth-order valence-corrected chi connectivity index (χ4v) is 0.822. The molecule has 0 aliphatic rings. The number of amides is 1. The highest BCUT2D eigenvalue weighted by Gasteiger charge is 2.25. The Labute approximate surface area is 86.2 Å². The van der Waals surface area contributed by atoms with Crippen LogP contribution in [0.3, 0.4) is 0 Å².